The molecule has 0 bridgehead atoms. The van der Waals surface area contributed by atoms with Crippen LogP contribution in [0.4, 0.5) is 0 Å². The summed E-state index contributed by atoms with van der Waals surface area (Å²) in [5.41, 5.74) is 0. The van der Waals surface area contributed by atoms with Crippen LogP contribution in [0.3, 0.4) is 0 Å². The van der Waals surface area contributed by atoms with Gasteiger partial charge in [-0.2, -0.15) is 0 Å². The first kappa shape index (κ1) is 15.2. The van der Waals surface area contributed by atoms with Gasteiger partial charge in [0.25, 0.3) is 0 Å². The fourth-order valence-corrected chi connectivity index (χ4v) is 6.77. The number of rotatable bonds is 3. The van der Waals surface area contributed by atoms with Gasteiger partial charge in [0, 0.05) is 12.1 Å². The van der Waals surface area contributed by atoms with E-state index in [1.165, 1.54) is 18.9 Å². The van der Waals surface area contributed by atoms with E-state index in [0.29, 0.717) is 14.9 Å². The Labute approximate surface area is 136 Å². The molecule has 2 unspecified atom stereocenters. The lowest BCUT2D eigenvalue weighted by Gasteiger charge is -2.34. The van der Waals surface area contributed by atoms with Crippen molar-refractivity contribution in [2.24, 2.45) is 0 Å². The molecule has 2 atom stereocenters. The molecule has 8 heteroatoms. The van der Waals surface area contributed by atoms with Gasteiger partial charge in [-0.1, -0.05) is 11.6 Å². The minimum atomic E-state index is -3.45. The first-order chi connectivity index (χ1) is 9.45. The fourth-order valence-electron chi connectivity index (χ4n) is 3.07. The fraction of sp³-hybridized carbons (Fsp3) is 0.667. The molecular weight excluding hydrogens is 384 g/mol. The summed E-state index contributed by atoms with van der Waals surface area (Å²) in [6.07, 6.45) is 4.22. The van der Waals surface area contributed by atoms with E-state index in [-0.39, 0.29) is 10.3 Å². The quantitative estimate of drug-likeness (QED) is 0.850. The maximum Gasteiger partial charge on any atom is 0.250 e. The number of hydrogen-bond acceptors (Lipinski definition) is 4. The van der Waals surface area contributed by atoms with Gasteiger partial charge in [0.15, 0.2) is 0 Å². The Bertz CT molecular complexity index is 585. The van der Waals surface area contributed by atoms with Crippen molar-refractivity contribution in [1.82, 2.24) is 9.62 Å². The van der Waals surface area contributed by atoms with Crippen LogP contribution in [0.15, 0.2) is 14.1 Å². The standard InChI is InChI=1S/C12H16BrClN2O2S2/c13-12-10(14)7-11(19-12)20(17,18)15-8-3-5-16-4-1-2-9(16)6-8/h7-9,15H,1-6H2. The zero-order valence-corrected chi connectivity index (χ0v) is 14.8. The molecule has 112 valence electrons. The maximum atomic E-state index is 12.4. The molecule has 2 fully saturated rings. The van der Waals surface area contributed by atoms with Crippen LogP contribution < -0.4 is 4.72 Å². The molecule has 0 aromatic carbocycles. The second kappa shape index (κ2) is 5.85. The Kier molecular flexibility index (Phi) is 4.46. The van der Waals surface area contributed by atoms with Gasteiger partial charge in [0.2, 0.25) is 10.0 Å². The molecule has 4 nitrogen and oxygen atoms in total. The van der Waals surface area contributed by atoms with Crippen molar-refractivity contribution >= 4 is 48.9 Å². The Morgan fingerprint density at radius 3 is 2.90 bits per heavy atom. The van der Waals surface area contributed by atoms with Crippen LogP contribution in [-0.4, -0.2) is 38.5 Å². The van der Waals surface area contributed by atoms with Crippen LogP contribution in [0.1, 0.15) is 25.7 Å². The number of hydrogen-bond donors (Lipinski definition) is 1. The maximum absolute atomic E-state index is 12.4. The van der Waals surface area contributed by atoms with Gasteiger partial charge in [-0.3, -0.25) is 0 Å². The molecular formula is C12H16BrClN2O2S2. The van der Waals surface area contributed by atoms with E-state index in [1.54, 1.807) is 0 Å². The molecule has 0 aliphatic carbocycles. The first-order valence-electron chi connectivity index (χ1n) is 6.67. The van der Waals surface area contributed by atoms with Gasteiger partial charge in [-0.25, -0.2) is 13.1 Å². The lowest BCUT2D eigenvalue weighted by atomic mass is 9.99. The summed E-state index contributed by atoms with van der Waals surface area (Å²) in [6, 6.07) is 2.10. The van der Waals surface area contributed by atoms with E-state index >= 15 is 0 Å². The molecule has 0 radical (unpaired) electrons. The minimum absolute atomic E-state index is 0.0407. The van der Waals surface area contributed by atoms with Gasteiger partial charge in [0.05, 0.1) is 8.81 Å². The highest BCUT2D eigenvalue weighted by Gasteiger charge is 2.34. The molecule has 1 aromatic heterocycles. The zero-order valence-electron chi connectivity index (χ0n) is 10.8. The molecule has 3 heterocycles. The van der Waals surface area contributed by atoms with Crippen molar-refractivity contribution in [3.8, 4) is 0 Å². The summed E-state index contributed by atoms with van der Waals surface area (Å²) in [5, 5.41) is 0.445. The summed E-state index contributed by atoms with van der Waals surface area (Å²) in [7, 11) is -3.45. The third-order valence-corrected chi connectivity index (χ3v) is 8.50. The van der Waals surface area contributed by atoms with Crippen molar-refractivity contribution in [3.63, 3.8) is 0 Å². The summed E-state index contributed by atoms with van der Waals surface area (Å²) < 4.78 is 28.5. The molecule has 0 saturated carbocycles. The monoisotopic (exact) mass is 398 g/mol. The lowest BCUT2D eigenvalue weighted by Crippen LogP contribution is -2.47. The highest BCUT2D eigenvalue weighted by molar-refractivity contribution is 9.11. The predicted octanol–water partition coefficient (Wildman–Crippen LogP) is 3.07. The van der Waals surface area contributed by atoms with E-state index in [9.17, 15) is 8.42 Å². The molecule has 0 spiro atoms. The number of fused-ring (bicyclic) bond motifs is 1. The summed E-state index contributed by atoms with van der Waals surface area (Å²) >= 11 is 10.3. The van der Waals surface area contributed by atoms with E-state index in [1.807, 2.05) is 0 Å². The highest BCUT2D eigenvalue weighted by atomic mass is 79.9. The molecule has 20 heavy (non-hydrogen) atoms. The SMILES string of the molecule is O=S(=O)(NC1CCN2CCCC2C1)c1cc(Cl)c(Br)s1. The second-order valence-corrected chi connectivity index (χ2v) is 10.1. The normalized spacial score (nSPS) is 27.7. The van der Waals surface area contributed by atoms with Crippen molar-refractivity contribution in [3.05, 3.63) is 14.9 Å². The molecule has 2 aliphatic rings. The van der Waals surface area contributed by atoms with Gasteiger partial charge in [0.1, 0.15) is 4.21 Å². The van der Waals surface area contributed by atoms with E-state index < -0.39 is 10.0 Å². The van der Waals surface area contributed by atoms with Gasteiger partial charge in [-0.15, -0.1) is 11.3 Å². The Morgan fingerprint density at radius 1 is 1.40 bits per heavy atom. The van der Waals surface area contributed by atoms with Crippen LogP contribution in [0.5, 0.6) is 0 Å². The van der Waals surface area contributed by atoms with E-state index in [2.05, 4.69) is 25.6 Å². The van der Waals surface area contributed by atoms with Crippen LogP contribution in [0, 0.1) is 0 Å². The third kappa shape index (κ3) is 3.08. The van der Waals surface area contributed by atoms with Crippen LogP contribution in [-0.2, 0) is 10.0 Å². The average molecular weight is 400 g/mol. The number of sulfonamides is 1. The third-order valence-electron chi connectivity index (χ3n) is 4.03. The van der Waals surface area contributed by atoms with Gasteiger partial charge >= 0.3 is 0 Å². The summed E-state index contributed by atoms with van der Waals surface area (Å²) in [6.45, 7) is 2.16. The summed E-state index contributed by atoms with van der Waals surface area (Å²) in [4.78, 5) is 2.48. The zero-order chi connectivity index (χ0) is 14.3. The van der Waals surface area contributed by atoms with Crippen LogP contribution in [0.25, 0.3) is 0 Å². The average Bonchev–Trinajstić information content (AvgIpc) is 2.96. The molecule has 3 rings (SSSR count). The van der Waals surface area contributed by atoms with E-state index in [4.69, 9.17) is 11.6 Å². The molecule has 0 amide bonds. The van der Waals surface area contributed by atoms with Crippen LogP contribution >= 0.6 is 38.9 Å². The topological polar surface area (TPSA) is 49.4 Å². The smallest absolute Gasteiger partial charge is 0.250 e. The number of halogens is 2. The van der Waals surface area contributed by atoms with Crippen LogP contribution in [0.2, 0.25) is 5.02 Å². The van der Waals surface area contributed by atoms with Gasteiger partial charge < -0.3 is 4.90 Å². The molecule has 1 aromatic rings. The number of nitrogens with zero attached hydrogens (tertiary/aromatic N) is 1. The van der Waals surface area contributed by atoms with Crippen molar-refractivity contribution in [2.75, 3.05) is 13.1 Å². The Hall–Kier alpha value is 0.340. The molecule has 2 aliphatic heterocycles. The number of nitrogens with one attached hydrogen (secondary N) is 1. The Balaban J connectivity index is 1.70. The first-order valence-corrected chi connectivity index (χ1v) is 10.1. The van der Waals surface area contributed by atoms with Gasteiger partial charge in [-0.05, 0) is 60.8 Å². The minimum Gasteiger partial charge on any atom is -0.300 e. The molecule has 1 N–H and O–H groups in total. The van der Waals surface area contributed by atoms with E-state index in [0.717, 1.165) is 37.3 Å². The summed E-state index contributed by atoms with van der Waals surface area (Å²) in [5.74, 6) is 0. The number of thiophene rings is 1. The largest absolute Gasteiger partial charge is 0.300 e. The lowest BCUT2D eigenvalue weighted by molar-refractivity contribution is 0.176. The second-order valence-electron chi connectivity index (χ2n) is 5.36. The highest BCUT2D eigenvalue weighted by Crippen LogP contribution is 2.35. The molecule has 2 saturated heterocycles. The van der Waals surface area contributed by atoms with Crippen molar-refractivity contribution < 1.29 is 8.42 Å². The number of piperidine rings is 1. The van der Waals surface area contributed by atoms with Crippen molar-refractivity contribution in [2.45, 2.75) is 42.0 Å². The Morgan fingerprint density at radius 2 is 2.20 bits per heavy atom. The predicted molar refractivity (Wildman–Crippen MR) is 85.0 cm³/mol. The van der Waals surface area contributed by atoms with Crippen molar-refractivity contribution in [1.29, 1.82) is 0 Å².